The Bertz CT molecular complexity index is 5180. The summed E-state index contributed by atoms with van der Waals surface area (Å²) in [6.07, 6.45) is 4.93. The molecule has 0 radical (unpaired) electrons. The number of rotatable bonds is 36. The number of benzene rings is 10. The third-order valence-corrected chi connectivity index (χ3v) is 23.1. The molecular formula is C113H132Br2Cl2O20. The van der Waals surface area contributed by atoms with Gasteiger partial charge >= 0.3 is 59.7 Å². The highest BCUT2D eigenvalue weighted by atomic mass is 79.9. The number of ether oxygens (including phenoxy) is 10. The summed E-state index contributed by atoms with van der Waals surface area (Å²) < 4.78 is 55.9. The van der Waals surface area contributed by atoms with E-state index in [1.54, 1.807) is 175 Å². The van der Waals surface area contributed by atoms with Crippen LogP contribution in [0.3, 0.4) is 0 Å². The molecule has 0 amide bonds. The molecule has 10 atom stereocenters. The van der Waals surface area contributed by atoms with E-state index in [9.17, 15) is 47.9 Å². The standard InChI is InChI=1S/2C27H36O4.C21H24O4.C19H18Br2O4.C19H18Cl2O4/c1-18(30-24(28)20-9-13-22(14-10-20)26(3,4)5)17-19(2)31-25(29)21-11-15-23(16-12-21)27(6,7)8;1-5-7-9-22-11-15-24(16-12-22)26(28)30-20(3)19-21(4)31-27(29)25-17-13-23(14-18-25)10-8-6-2;1-14-5-9-18(10-6-14)20(22)24-16(3)13-17(4)25-21(23)19-11-7-15(2)8-12-19;1-12(24-18(22)14-7-3-5-9-16(14)20)11-13(2)25-19(23)15-8-4-6-10-17(15)21;1-12(24-18(22)14-5-3-7-16(20)10-14)9-13(2)25-19(23)15-6-4-8-17(21)11-15/h9-16,18-19H,17H2,1-8H3;11-18,20-21H,5-10,19H2,1-4H3;5-12,16-17H,13H2,1-4H3;3-10,12-13H,11H2,1-2H3;3-8,10-13H,9H2,1-2H3. The molecule has 0 saturated carbocycles. The second-order valence-electron chi connectivity index (χ2n) is 36.3. The summed E-state index contributed by atoms with van der Waals surface area (Å²) in [6.45, 7) is 38.9. The van der Waals surface area contributed by atoms with E-state index >= 15 is 0 Å². The van der Waals surface area contributed by atoms with Crippen molar-refractivity contribution in [3.63, 3.8) is 0 Å². The van der Waals surface area contributed by atoms with E-state index < -0.39 is 36.1 Å². The quantitative estimate of drug-likeness (QED) is 0.0261. The molecule has 10 unspecified atom stereocenters. The highest BCUT2D eigenvalue weighted by Crippen LogP contribution is 2.28. The lowest BCUT2D eigenvalue weighted by atomic mass is 9.87. The van der Waals surface area contributed by atoms with E-state index in [1.807, 2.05) is 151 Å². The lowest BCUT2D eigenvalue weighted by molar-refractivity contribution is 0.00561. The summed E-state index contributed by atoms with van der Waals surface area (Å²) in [5, 5.41) is 0.928. The fourth-order valence-corrected chi connectivity index (χ4v) is 15.0. The minimum Gasteiger partial charge on any atom is -0.459 e. The Morgan fingerprint density at radius 1 is 0.263 bits per heavy atom. The molecule has 0 fully saturated rings. The van der Waals surface area contributed by atoms with Crippen LogP contribution in [-0.4, -0.2) is 121 Å². The first kappa shape index (κ1) is 114. The van der Waals surface area contributed by atoms with Gasteiger partial charge in [-0.2, -0.15) is 0 Å². The summed E-state index contributed by atoms with van der Waals surface area (Å²) in [5.74, 6) is -3.95. The number of hydrogen-bond donors (Lipinski definition) is 0. The molecule has 0 aliphatic carbocycles. The van der Waals surface area contributed by atoms with Gasteiger partial charge in [-0.1, -0.05) is 212 Å². The molecule has 0 spiro atoms. The van der Waals surface area contributed by atoms with Gasteiger partial charge in [-0.15, -0.1) is 0 Å². The maximum absolute atomic E-state index is 12.4. The van der Waals surface area contributed by atoms with Crippen LogP contribution in [-0.2, 0) is 71.0 Å². The van der Waals surface area contributed by atoms with Crippen molar-refractivity contribution in [1.82, 2.24) is 0 Å². The van der Waals surface area contributed by atoms with Crippen LogP contribution in [0.5, 0.6) is 0 Å². The molecule has 0 aliphatic heterocycles. The van der Waals surface area contributed by atoms with Gasteiger partial charge in [0.05, 0.1) is 55.6 Å². The number of hydrogen-bond acceptors (Lipinski definition) is 20. The largest absolute Gasteiger partial charge is 0.459 e. The Morgan fingerprint density at radius 2 is 0.467 bits per heavy atom. The predicted molar refractivity (Wildman–Crippen MR) is 546 cm³/mol. The first-order chi connectivity index (χ1) is 64.8. The van der Waals surface area contributed by atoms with Crippen LogP contribution >= 0.6 is 55.1 Å². The van der Waals surface area contributed by atoms with Gasteiger partial charge in [-0.05, 0) is 307 Å². The van der Waals surface area contributed by atoms with Gasteiger partial charge in [0, 0.05) is 51.1 Å². The summed E-state index contributed by atoms with van der Waals surface area (Å²) in [5.41, 5.74) is 11.8. The third kappa shape index (κ3) is 42.1. The van der Waals surface area contributed by atoms with E-state index in [0.717, 1.165) is 60.8 Å². The average molecular weight is 2040 g/mol. The molecule has 0 aromatic heterocycles. The lowest BCUT2D eigenvalue weighted by Gasteiger charge is -2.21. The maximum Gasteiger partial charge on any atom is 0.339 e. The smallest absolute Gasteiger partial charge is 0.339 e. The van der Waals surface area contributed by atoms with Crippen molar-refractivity contribution in [2.24, 2.45) is 0 Å². The van der Waals surface area contributed by atoms with Gasteiger partial charge in [0.25, 0.3) is 0 Å². The molecule has 0 heterocycles. The van der Waals surface area contributed by atoms with E-state index in [-0.39, 0.29) is 95.5 Å². The summed E-state index contributed by atoms with van der Waals surface area (Å²) >= 11 is 18.4. The average Bonchev–Trinajstić information content (AvgIpc) is 0.842. The van der Waals surface area contributed by atoms with E-state index in [0.29, 0.717) is 107 Å². The third-order valence-electron chi connectivity index (χ3n) is 21.3. The van der Waals surface area contributed by atoms with Gasteiger partial charge in [0.1, 0.15) is 61.0 Å². The van der Waals surface area contributed by atoms with Crippen molar-refractivity contribution in [2.75, 3.05) is 0 Å². The van der Waals surface area contributed by atoms with Gasteiger partial charge in [0.2, 0.25) is 0 Å². The molecule has 0 saturated heterocycles. The second kappa shape index (κ2) is 57.6. The van der Waals surface area contributed by atoms with Crippen molar-refractivity contribution in [2.45, 2.75) is 281 Å². The number of carbonyl (C=O) groups excluding carboxylic acids is 10. The topological polar surface area (TPSA) is 263 Å². The molecule has 137 heavy (non-hydrogen) atoms. The Kier molecular flexibility index (Phi) is 48.0. The monoisotopic (exact) mass is 2040 g/mol. The normalized spacial score (nSPS) is 13.1. The highest BCUT2D eigenvalue weighted by molar-refractivity contribution is 9.10. The number of unbranched alkanes of at least 4 members (excludes halogenated alkanes) is 2. The SMILES string of the molecule is CC(CC(C)OC(=O)c1ccc(C(C)(C)C)cc1)OC(=O)c1ccc(C(C)(C)C)cc1.CC(CC(C)OC(=O)c1cccc(Cl)c1)OC(=O)c1cccc(Cl)c1.CC(CC(C)OC(=O)c1ccccc1Br)OC(=O)c1ccccc1Br.CCCCc1ccc(C(=O)OC(C)CC(C)OC(=O)c2ccc(CCCC)cc2)cc1.Cc1ccc(C(=O)OC(C)CC(C)OC(=O)c2ccc(C)cc2)cc1. The number of aryl methyl sites for hydroxylation is 4. The fourth-order valence-electron chi connectivity index (χ4n) is 13.8. The Morgan fingerprint density at radius 3 is 0.679 bits per heavy atom. The molecule has 732 valence electrons. The Labute approximate surface area is 835 Å². The molecule has 0 bridgehead atoms. The number of esters is 10. The summed E-state index contributed by atoms with van der Waals surface area (Å²) in [7, 11) is 0. The predicted octanol–water partition coefficient (Wildman–Crippen LogP) is 28.1. The number of carbonyl (C=O) groups is 10. The van der Waals surface area contributed by atoms with Crippen LogP contribution < -0.4 is 0 Å². The number of halogens is 4. The van der Waals surface area contributed by atoms with Crippen molar-refractivity contribution >= 4 is 115 Å². The van der Waals surface area contributed by atoms with Crippen LogP contribution in [0.1, 0.15) is 319 Å². The minimum atomic E-state index is -0.469. The van der Waals surface area contributed by atoms with Crippen LogP contribution in [0.4, 0.5) is 0 Å². The van der Waals surface area contributed by atoms with Crippen molar-refractivity contribution in [3.8, 4) is 0 Å². The van der Waals surface area contributed by atoms with Crippen molar-refractivity contribution < 1.29 is 95.3 Å². The summed E-state index contributed by atoms with van der Waals surface area (Å²) in [6, 6.07) is 71.8. The van der Waals surface area contributed by atoms with Crippen molar-refractivity contribution in [3.05, 3.63) is 351 Å². The zero-order valence-electron chi connectivity index (χ0n) is 82.3. The molecule has 10 aromatic rings. The van der Waals surface area contributed by atoms with E-state index in [2.05, 4.69) is 87.2 Å². The molecule has 20 nitrogen and oxygen atoms in total. The Balaban J connectivity index is 0.000000264. The first-order valence-corrected chi connectivity index (χ1v) is 48.7. The molecule has 24 heteroatoms. The molecule has 10 aromatic carbocycles. The molecule has 10 rings (SSSR count). The van der Waals surface area contributed by atoms with Crippen molar-refractivity contribution in [1.29, 1.82) is 0 Å². The lowest BCUT2D eigenvalue weighted by Crippen LogP contribution is -2.24. The van der Waals surface area contributed by atoms with E-state index in [4.69, 9.17) is 70.6 Å². The van der Waals surface area contributed by atoms with Crippen LogP contribution in [0, 0.1) is 13.8 Å². The zero-order valence-corrected chi connectivity index (χ0v) is 87.0. The van der Waals surface area contributed by atoms with Crippen LogP contribution in [0.2, 0.25) is 10.0 Å². The van der Waals surface area contributed by atoms with E-state index in [1.165, 1.54) is 11.1 Å². The zero-order chi connectivity index (χ0) is 101. The molecule has 0 N–H and O–H groups in total. The first-order valence-electron chi connectivity index (χ1n) is 46.4. The summed E-state index contributed by atoms with van der Waals surface area (Å²) in [4.78, 5) is 122. The van der Waals surface area contributed by atoms with Gasteiger partial charge < -0.3 is 47.4 Å². The Hall–Kier alpha value is -11.6. The van der Waals surface area contributed by atoms with Gasteiger partial charge in [-0.25, -0.2) is 47.9 Å². The molecular weight excluding hydrogens is 1910 g/mol. The van der Waals surface area contributed by atoms with Crippen LogP contribution in [0.25, 0.3) is 0 Å². The highest BCUT2D eigenvalue weighted by Gasteiger charge is 2.27. The fraction of sp³-hybridized carbons (Fsp3) is 0.381. The van der Waals surface area contributed by atoms with Gasteiger partial charge in [-0.3, -0.25) is 0 Å². The maximum atomic E-state index is 12.4. The van der Waals surface area contributed by atoms with Crippen LogP contribution in [0.15, 0.2) is 252 Å². The minimum absolute atomic E-state index is 0.0299. The van der Waals surface area contributed by atoms with Gasteiger partial charge in [0.15, 0.2) is 0 Å². The second-order valence-corrected chi connectivity index (χ2v) is 38.9. The molecule has 0 aliphatic rings.